The van der Waals surface area contributed by atoms with E-state index >= 15 is 0 Å². The Morgan fingerprint density at radius 2 is 2.07 bits per heavy atom. The van der Waals surface area contributed by atoms with E-state index in [4.69, 9.17) is 22.1 Å². The van der Waals surface area contributed by atoms with E-state index in [-0.39, 0.29) is 17.6 Å². The lowest BCUT2D eigenvalue weighted by molar-refractivity contribution is 0.0974. The Morgan fingerprint density at radius 1 is 1.24 bits per heavy atom. The average Bonchev–Trinajstić information content (AvgIpc) is 3.33. The third-order valence-corrected chi connectivity index (χ3v) is 7.76. The van der Waals surface area contributed by atoms with E-state index in [0.29, 0.717) is 5.02 Å². The Morgan fingerprint density at radius 3 is 2.76 bits per heavy atom. The van der Waals surface area contributed by atoms with Gasteiger partial charge < -0.3 is 15.4 Å². The van der Waals surface area contributed by atoms with Crippen molar-refractivity contribution in [1.82, 2.24) is 20.2 Å². The Bertz CT molecular complexity index is 1020. The quantitative estimate of drug-likeness (QED) is 0.656. The number of anilines is 1. The van der Waals surface area contributed by atoms with Crippen LogP contribution in [0.4, 0.5) is 5.82 Å². The number of fused-ring (bicyclic) bond motifs is 1. The molecule has 4 heterocycles. The molecule has 3 aromatic rings. The minimum atomic E-state index is 0.112. The Hall–Kier alpha value is -1.87. The standard InChI is InChI=1S/C20H23ClN6OS/c1-12-19(22)20(11-28-12)4-6-27(7-5-20)15-9-24-16(10-23-15)29-14-3-2-13-8-25-26-18(13)17(14)21/h2-3,8-10,12,19H,4-7,11,22H2,1H3,(H,25,26)/t12-,19+/m0/s1. The van der Waals surface area contributed by atoms with Gasteiger partial charge in [0, 0.05) is 34.8 Å². The summed E-state index contributed by atoms with van der Waals surface area (Å²) >= 11 is 8.00. The van der Waals surface area contributed by atoms with Gasteiger partial charge in [0.2, 0.25) is 0 Å². The third kappa shape index (κ3) is 3.38. The molecule has 0 saturated carbocycles. The molecule has 0 bridgehead atoms. The van der Waals surface area contributed by atoms with Crippen molar-refractivity contribution in [2.45, 2.75) is 41.8 Å². The van der Waals surface area contributed by atoms with Crippen LogP contribution in [-0.2, 0) is 4.74 Å². The number of aromatic nitrogens is 4. The first-order valence-electron chi connectivity index (χ1n) is 9.79. The van der Waals surface area contributed by atoms with Gasteiger partial charge >= 0.3 is 0 Å². The van der Waals surface area contributed by atoms with Gasteiger partial charge in [-0.3, -0.25) is 5.10 Å². The number of nitrogens with zero attached hydrogens (tertiary/aromatic N) is 4. The largest absolute Gasteiger partial charge is 0.376 e. The van der Waals surface area contributed by atoms with Crippen LogP contribution in [0.5, 0.6) is 0 Å². The summed E-state index contributed by atoms with van der Waals surface area (Å²) in [4.78, 5) is 12.5. The second-order valence-electron chi connectivity index (χ2n) is 7.92. The number of benzene rings is 1. The van der Waals surface area contributed by atoms with Crippen LogP contribution in [0, 0.1) is 5.41 Å². The monoisotopic (exact) mass is 430 g/mol. The van der Waals surface area contributed by atoms with E-state index in [1.807, 2.05) is 24.5 Å². The predicted octanol–water partition coefficient (Wildman–Crippen LogP) is 3.49. The molecule has 29 heavy (non-hydrogen) atoms. The maximum Gasteiger partial charge on any atom is 0.147 e. The summed E-state index contributed by atoms with van der Waals surface area (Å²) in [7, 11) is 0. The second kappa shape index (κ2) is 7.43. The Labute approximate surface area is 178 Å². The van der Waals surface area contributed by atoms with Gasteiger partial charge in [-0.15, -0.1) is 0 Å². The summed E-state index contributed by atoms with van der Waals surface area (Å²) in [5.41, 5.74) is 7.37. The van der Waals surface area contributed by atoms with Crippen LogP contribution in [0.3, 0.4) is 0 Å². The van der Waals surface area contributed by atoms with Crippen molar-refractivity contribution < 1.29 is 4.74 Å². The van der Waals surface area contributed by atoms with E-state index in [1.165, 1.54) is 11.8 Å². The van der Waals surface area contributed by atoms with Gasteiger partial charge in [0.05, 0.1) is 41.8 Å². The molecule has 1 spiro atoms. The molecule has 0 unspecified atom stereocenters. The molecule has 9 heteroatoms. The molecule has 2 saturated heterocycles. The van der Waals surface area contributed by atoms with Crippen molar-refractivity contribution in [2.75, 3.05) is 24.6 Å². The normalized spacial score (nSPS) is 23.9. The molecule has 2 aliphatic rings. The molecule has 3 N–H and O–H groups in total. The van der Waals surface area contributed by atoms with Gasteiger partial charge in [0.1, 0.15) is 10.8 Å². The van der Waals surface area contributed by atoms with Crippen LogP contribution in [0.15, 0.2) is 40.6 Å². The van der Waals surface area contributed by atoms with Crippen molar-refractivity contribution >= 4 is 40.1 Å². The van der Waals surface area contributed by atoms with Crippen molar-refractivity contribution in [2.24, 2.45) is 11.1 Å². The summed E-state index contributed by atoms with van der Waals surface area (Å²) < 4.78 is 5.81. The lowest BCUT2D eigenvalue weighted by Crippen LogP contribution is -2.50. The van der Waals surface area contributed by atoms with Crippen LogP contribution in [-0.4, -0.2) is 52.0 Å². The highest BCUT2D eigenvalue weighted by Crippen LogP contribution is 2.42. The van der Waals surface area contributed by atoms with E-state index < -0.39 is 0 Å². The van der Waals surface area contributed by atoms with Crippen LogP contribution in [0.1, 0.15) is 19.8 Å². The zero-order chi connectivity index (χ0) is 20.0. The summed E-state index contributed by atoms with van der Waals surface area (Å²) in [6.07, 6.45) is 7.61. The third-order valence-electron chi connectivity index (χ3n) is 6.28. The molecule has 7 nitrogen and oxygen atoms in total. The fourth-order valence-corrected chi connectivity index (χ4v) is 5.42. The molecule has 2 atom stereocenters. The zero-order valence-electron chi connectivity index (χ0n) is 16.1. The second-order valence-corrected chi connectivity index (χ2v) is 9.36. The van der Waals surface area contributed by atoms with Gasteiger partial charge in [-0.2, -0.15) is 5.10 Å². The van der Waals surface area contributed by atoms with Gasteiger partial charge in [-0.25, -0.2) is 9.97 Å². The Balaban J connectivity index is 1.26. The fourth-order valence-electron chi connectivity index (χ4n) is 4.33. The molecule has 2 aliphatic heterocycles. The van der Waals surface area contributed by atoms with Crippen molar-refractivity contribution in [3.8, 4) is 0 Å². The van der Waals surface area contributed by atoms with E-state index in [9.17, 15) is 0 Å². The van der Waals surface area contributed by atoms with Crippen molar-refractivity contribution in [3.63, 3.8) is 0 Å². The number of ether oxygens (including phenoxy) is 1. The fraction of sp³-hybridized carbons (Fsp3) is 0.450. The van der Waals surface area contributed by atoms with E-state index in [0.717, 1.165) is 59.2 Å². The summed E-state index contributed by atoms with van der Waals surface area (Å²) in [5.74, 6) is 0.903. The molecule has 2 aromatic heterocycles. The first-order chi connectivity index (χ1) is 14.1. The lowest BCUT2D eigenvalue weighted by atomic mass is 9.73. The number of H-pyrrole nitrogens is 1. The summed E-state index contributed by atoms with van der Waals surface area (Å²) in [6, 6.07) is 4.10. The Kier molecular flexibility index (Phi) is 4.90. The molecule has 1 aromatic carbocycles. The number of aromatic amines is 1. The molecular weight excluding hydrogens is 408 g/mol. The average molecular weight is 431 g/mol. The first kappa shape index (κ1) is 19.1. The molecule has 152 valence electrons. The zero-order valence-corrected chi connectivity index (χ0v) is 17.7. The number of halogens is 1. The number of piperidine rings is 1. The number of hydrogen-bond acceptors (Lipinski definition) is 7. The maximum absolute atomic E-state index is 6.50. The summed E-state index contributed by atoms with van der Waals surface area (Å²) in [6.45, 7) is 4.69. The van der Waals surface area contributed by atoms with Crippen LogP contribution < -0.4 is 10.6 Å². The van der Waals surface area contributed by atoms with Crippen LogP contribution in [0.25, 0.3) is 10.9 Å². The predicted molar refractivity (Wildman–Crippen MR) is 115 cm³/mol. The van der Waals surface area contributed by atoms with Crippen LogP contribution in [0.2, 0.25) is 5.02 Å². The van der Waals surface area contributed by atoms with Crippen molar-refractivity contribution in [1.29, 1.82) is 0 Å². The molecule has 0 amide bonds. The molecule has 5 rings (SSSR count). The SMILES string of the molecule is C[C@@H]1OCC2(CCN(c3cnc(Sc4ccc5cn[nH]c5c4Cl)cn3)CC2)[C@@H]1N. The van der Waals surface area contributed by atoms with Crippen LogP contribution >= 0.6 is 23.4 Å². The number of rotatable bonds is 3. The number of nitrogens with one attached hydrogen (secondary N) is 1. The van der Waals surface area contributed by atoms with Gasteiger partial charge in [0.25, 0.3) is 0 Å². The molecule has 2 fully saturated rings. The van der Waals surface area contributed by atoms with Crippen molar-refractivity contribution in [3.05, 3.63) is 35.7 Å². The molecular formula is C20H23ClN6OS. The van der Waals surface area contributed by atoms with Gasteiger partial charge in [0.15, 0.2) is 0 Å². The highest BCUT2D eigenvalue weighted by molar-refractivity contribution is 7.99. The first-order valence-corrected chi connectivity index (χ1v) is 11.0. The van der Waals surface area contributed by atoms with E-state index in [1.54, 1.807) is 6.20 Å². The molecule has 0 aliphatic carbocycles. The van der Waals surface area contributed by atoms with Gasteiger partial charge in [-0.05, 0) is 31.9 Å². The smallest absolute Gasteiger partial charge is 0.147 e. The highest BCUT2D eigenvalue weighted by Gasteiger charge is 2.47. The summed E-state index contributed by atoms with van der Waals surface area (Å²) in [5, 5.41) is 9.43. The highest BCUT2D eigenvalue weighted by atomic mass is 35.5. The molecule has 0 radical (unpaired) electrons. The van der Waals surface area contributed by atoms with E-state index in [2.05, 4.69) is 32.0 Å². The minimum Gasteiger partial charge on any atom is -0.376 e. The number of nitrogens with two attached hydrogens (primary N) is 1. The number of hydrogen-bond donors (Lipinski definition) is 2. The maximum atomic E-state index is 6.50. The minimum absolute atomic E-state index is 0.112. The topological polar surface area (TPSA) is 93.0 Å². The lowest BCUT2D eigenvalue weighted by Gasteiger charge is -2.41. The van der Waals surface area contributed by atoms with Gasteiger partial charge in [-0.1, -0.05) is 23.4 Å².